The summed E-state index contributed by atoms with van der Waals surface area (Å²) in [5.74, 6) is -2.24. The molecule has 7 N–H and O–H groups in total. The molecule has 0 spiro atoms. The van der Waals surface area contributed by atoms with Gasteiger partial charge in [-0.25, -0.2) is 0 Å². The van der Waals surface area contributed by atoms with E-state index in [2.05, 4.69) is 21.3 Å². The van der Waals surface area contributed by atoms with Crippen LogP contribution in [0.25, 0.3) is 0 Å². The lowest BCUT2D eigenvalue weighted by molar-refractivity contribution is -0.137. The predicted octanol–water partition coefficient (Wildman–Crippen LogP) is -2.07. The summed E-state index contributed by atoms with van der Waals surface area (Å²) in [6.45, 7) is 4.94. The Morgan fingerprint density at radius 3 is 1.90 bits per heavy atom. The smallest absolute Gasteiger partial charge is 0.303 e. The second-order valence-corrected chi connectivity index (χ2v) is 5.99. The third-order valence-electron chi connectivity index (χ3n) is 3.26. The number of likely N-dealkylation sites (N-methyl/N-ethyl adjacent to an activating group) is 2. The van der Waals surface area contributed by atoms with Crippen LogP contribution in [-0.4, -0.2) is 80.1 Å². The second kappa shape index (κ2) is 20.9. The van der Waals surface area contributed by atoms with E-state index >= 15 is 0 Å². The Labute approximate surface area is 176 Å². The van der Waals surface area contributed by atoms with Crippen molar-refractivity contribution in [2.24, 2.45) is 5.73 Å². The van der Waals surface area contributed by atoms with Crippen LogP contribution in [0.1, 0.15) is 40.0 Å². The van der Waals surface area contributed by atoms with Crippen molar-refractivity contribution in [2.75, 3.05) is 20.6 Å². The van der Waals surface area contributed by atoms with Crippen LogP contribution < -0.4 is 27.0 Å². The quantitative estimate of drug-likeness (QED) is 0.187. The summed E-state index contributed by atoms with van der Waals surface area (Å²) >= 11 is 0. The third-order valence-corrected chi connectivity index (χ3v) is 3.26. The molecule has 12 nitrogen and oxygen atoms in total. The summed E-state index contributed by atoms with van der Waals surface area (Å²) in [7, 11) is 3.25. The highest BCUT2D eigenvalue weighted by molar-refractivity contribution is 5.91. The molecule has 0 fully saturated rings. The summed E-state index contributed by atoms with van der Waals surface area (Å²) in [4.78, 5) is 62.5. The van der Waals surface area contributed by atoms with Crippen molar-refractivity contribution in [1.29, 1.82) is 0 Å². The summed E-state index contributed by atoms with van der Waals surface area (Å²) in [5.41, 5.74) is 4.98. The lowest BCUT2D eigenvalue weighted by Crippen LogP contribution is -2.51. The van der Waals surface area contributed by atoms with Gasteiger partial charge >= 0.3 is 5.97 Å². The topological polar surface area (TPSA) is 197 Å². The van der Waals surface area contributed by atoms with Gasteiger partial charge in [0.15, 0.2) is 0 Å². The molecule has 12 heteroatoms. The average molecular weight is 434 g/mol. The molecule has 0 rings (SSSR count). The number of carboxylic acids is 1. The lowest BCUT2D eigenvalue weighted by atomic mass is 10.2. The van der Waals surface area contributed by atoms with Crippen LogP contribution in [0.4, 0.5) is 0 Å². The van der Waals surface area contributed by atoms with Gasteiger partial charge in [0.2, 0.25) is 17.7 Å². The molecule has 0 aromatic carbocycles. The molecule has 3 amide bonds. The SMILES string of the molecule is CCC=O.CNC(C=O)CCC(=O)O.CNCC(=O)NC(C)C(=O)NC(C)C(N)=O. The zero-order valence-corrected chi connectivity index (χ0v) is 18.2. The number of hydrogen-bond acceptors (Lipinski definition) is 8. The van der Waals surface area contributed by atoms with Gasteiger partial charge in [0, 0.05) is 12.8 Å². The van der Waals surface area contributed by atoms with Crippen molar-refractivity contribution in [2.45, 2.75) is 58.2 Å². The van der Waals surface area contributed by atoms with Gasteiger partial charge in [-0.1, -0.05) is 6.92 Å². The minimum absolute atomic E-state index is 0.0320. The Balaban J connectivity index is -0.000000442. The van der Waals surface area contributed by atoms with E-state index in [0.29, 0.717) is 19.1 Å². The minimum Gasteiger partial charge on any atom is -0.481 e. The second-order valence-electron chi connectivity index (χ2n) is 5.99. The monoisotopic (exact) mass is 433 g/mol. The molecule has 0 aliphatic heterocycles. The maximum Gasteiger partial charge on any atom is 0.303 e. The molecule has 3 unspecified atom stereocenters. The fraction of sp³-hybridized carbons (Fsp3) is 0.667. The van der Waals surface area contributed by atoms with Crippen LogP contribution in [0.15, 0.2) is 0 Å². The molecule has 3 atom stereocenters. The van der Waals surface area contributed by atoms with E-state index < -0.39 is 29.9 Å². The molecule has 174 valence electrons. The zero-order valence-electron chi connectivity index (χ0n) is 18.2. The van der Waals surface area contributed by atoms with Crippen LogP contribution in [0.2, 0.25) is 0 Å². The van der Waals surface area contributed by atoms with Gasteiger partial charge in [0.05, 0.1) is 12.6 Å². The highest BCUT2D eigenvalue weighted by Crippen LogP contribution is 1.92. The number of carboxylic acid groups (broad SMARTS) is 1. The first-order valence-corrected chi connectivity index (χ1v) is 9.32. The molecule has 0 radical (unpaired) electrons. The molecule has 0 bridgehead atoms. The molecular weight excluding hydrogens is 398 g/mol. The first-order chi connectivity index (χ1) is 14.0. The number of carbonyl (C=O) groups is 6. The maximum atomic E-state index is 11.4. The minimum atomic E-state index is -0.873. The molecule has 0 aliphatic carbocycles. The maximum absolute atomic E-state index is 11.4. The lowest BCUT2D eigenvalue weighted by Gasteiger charge is -2.16. The fourth-order valence-electron chi connectivity index (χ4n) is 1.49. The third kappa shape index (κ3) is 21.4. The fourth-order valence-corrected chi connectivity index (χ4v) is 1.49. The molecule has 0 aliphatic rings. The number of aliphatic carboxylic acids is 1. The van der Waals surface area contributed by atoms with Crippen LogP contribution in [0, 0.1) is 0 Å². The normalized spacial score (nSPS) is 12.3. The van der Waals surface area contributed by atoms with Crippen molar-refractivity contribution in [3.63, 3.8) is 0 Å². The average Bonchev–Trinajstić information content (AvgIpc) is 2.69. The largest absolute Gasteiger partial charge is 0.481 e. The van der Waals surface area contributed by atoms with Gasteiger partial charge in [0.25, 0.3) is 0 Å². The highest BCUT2D eigenvalue weighted by atomic mass is 16.4. The number of nitrogens with two attached hydrogens (primary N) is 1. The number of aldehydes is 2. The number of nitrogens with one attached hydrogen (secondary N) is 4. The summed E-state index contributed by atoms with van der Waals surface area (Å²) < 4.78 is 0. The number of primary amides is 1. The number of carbonyl (C=O) groups excluding carboxylic acids is 5. The van der Waals surface area contributed by atoms with Gasteiger partial charge in [-0.2, -0.15) is 0 Å². The summed E-state index contributed by atoms with van der Waals surface area (Å²) in [6, 6.07) is -1.78. The van der Waals surface area contributed by atoms with Crippen molar-refractivity contribution in [3.05, 3.63) is 0 Å². The first-order valence-electron chi connectivity index (χ1n) is 9.32. The summed E-state index contributed by atoms with van der Waals surface area (Å²) in [5, 5.41) is 18.4. The van der Waals surface area contributed by atoms with Crippen molar-refractivity contribution >= 4 is 36.3 Å². The Kier molecular flexibility index (Phi) is 22.1. The Bertz CT molecular complexity index is 543. The molecule has 0 aromatic heterocycles. The Morgan fingerprint density at radius 2 is 1.57 bits per heavy atom. The number of hydrogen-bond donors (Lipinski definition) is 6. The number of amides is 3. The Hall–Kier alpha value is -2.86. The van der Waals surface area contributed by atoms with E-state index in [1.54, 1.807) is 14.1 Å². The van der Waals surface area contributed by atoms with Crippen LogP contribution in [0.5, 0.6) is 0 Å². The van der Waals surface area contributed by atoms with E-state index in [0.717, 1.165) is 6.29 Å². The summed E-state index contributed by atoms with van der Waals surface area (Å²) in [6.07, 6.45) is 2.61. The van der Waals surface area contributed by atoms with Gasteiger partial charge < -0.3 is 41.7 Å². The van der Waals surface area contributed by atoms with E-state index in [9.17, 15) is 28.8 Å². The molecule has 30 heavy (non-hydrogen) atoms. The van der Waals surface area contributed by atoms with E-state index in [1.165, 1.54) is 13.8 Å². The van der Waals surface area contributed by atoms with E-state index in [-0.39, 0.29) is 24.9 Å². The zero-order chi connectivity index (χ0) is 24.1. The van der Waals surface area contributed by atoms with Gasteiger partial charge in [0.1, 0.15) is 24.7 Å². The molecule has 0 saturated carbocycles. The first kappa shape index (κ1) is 31.8. The Morgan fingerprint density at radius 1 is 1.03 bits per heavy atom. The van der Waals surface area contributed by atoms with Crippen LogP contribution in [0.3, 0.4) is 0 Å². The van der Waals surface area contributed by atoms with E-state index in [4.69, 9.17) is 10.8 Å². The highest BCUT2D eigenvalue weighted by Gasteiger charge is 2.18. The van der Waals surface area contributed by atoms with Gasteiger partial charge in [-0.05, 0) is 34.4 Å². The van der Waals surface area contributed by atoms with Crippen molar-refractivity contribution in [3.8, 4) is 0 Å². The van der Waals surface area contributed by atoms with Crippen molar-refractivity contribution < 1.29 is 33.9 Å². The number of rotatable bonds is 12. The molecule has 0 heterocycles. The standard InChI is InChI=1S/C9H18N4O3.C6H11NO3.C3H6O/c1-5(8(10)15)13-9(16)6(2)12-7(14)4-11-3;1-7-5(4-8)2-3-6(9)10;1-2-3-4/h5-6,11H,4H2,1-3H3,(H2,10,15)(H,12,14)(H,13,16);4-5,7H,2-3H2,1H3,(H,9,10);3H,2H2,1H3. The molecular formula is C18H35N5O7. The molecule has 0 aromatic rings. The molecule has 0 saturated heterocycles. The van der Waals surface area contributed by atoms with Crippen molar-refractivity contribution in [1.82, 2.24) is 21.3 Å². The van der Waals surface area contributed by atoms with Crippen LogP contribution >= 0.6 is 0 Å². The van der Waals surface area contributed by atoms with E-state index in [1.807, 2.05) is 6.92 Å². The van der Waals surface area contributed by atoms with Crippen LogP contribution in [-0.2, 0) is 28.8 Å². The predicted molar refractivity (Wildman–Crippen MR) is 110 cm³/mol. The van der Waals surface area contributed by atoms with Gasteiger partial charge in [-0.3, -0.25) is 19.2 Å². The van der Waals surface area contributed by atoms with Gasteiger partial charge in [-0.15, -0.1) is 0 Å².